The van der Waals surface area contributed by atoms with Crippen molar-refractivity contribution < 1.29 is 19.6 Å². The maximum Gasteiger partial charge on any atom is 0.475 e. The van der Waals surface area contributed by atoms with E-state index in [1.807, 2.05) is 38.1 Å². The Morgan fingerprint density at radius 3 is 2.27 bits per heavy atom. The second-order valence-corrected chi connectivity index (χ2v) is 8.64. The van der Waals surface area contributed by atoms with Gasteiger partial charge in [-0.2, -0.15) is 0 Å². The lowest BCUT2D eigenvalue weighted by Gasteiger charge is -2.24. The topological polar surface area (TPSA) is 147 Å². The van der Waals surface area contributed by atoms with Gasteiger partial charge in [-0.15, -0.1) is 0 Å². The molecular formula is C23H40BN5O4. The minimum atomic E-state index is -1.68. The lowest BCUT2D eigenvalue weighted by atomic mass is 9.75. The first-order chi connectivity index (χ1) is 15.7. The zero-order chi connectivity index (χ0) is 24.8. The number of carbonyl (C=O) groups excluding carboxylic acids is 2. The SMILES string of the molecule is CCc1ccc(CCC(=O)N[C@@H](CCCNC(=N)NC)C(=O)N[C@@H](CC(C)C)B(O)O)cc1. The van der Waals surface area contributed by atoms with Crippen LogP contribution in [-0.2, 0) is 22.4 Å². The third kappa shape index (κ3) is 11.7. The summed E-state index contributed by atoms with van der Waals surface area (Å²) in [5, 5.41) is 37.8. The van der Waals surface area contributed by atoms with Gasteiger partial charge in [0.1, 0.15) is 6.04 Å². The van der Waals surface area contributed by atoms with Crippen LogP contribution in [0.5, 0.6) is 0 Å². The molecule has 10 heteroatoms. The third-order valence-corrected chi connectivity index (χ3v) is 5.36. The second kappa shape index (κ2) is 15.3. The van der Waals surface area contributed by atoms with Crippen molar-refractivity contribution in [3.8, 4) is 0 Å². The number of guanidine groups is 1. The van der Waals surface area contributed by atoms with E-state index in [0.717, 1.165) is 12.0 Å². The van der Waals surface area contributed by atoms with Crippen LogP contribution in [0.1, 0.15) is 57.6 Å². The predicted octanol–water partition coefficient (Wildman–Crippen LogP) is 0.733. The molecule has 1 rings (SSSR count). The van der Waals surface area contributed by atoms with Crippen LogP contribution in [0.3, 0.4) is 0 Å². The summed E-state index contributed by atoms with van der Waals surface area (Å²) < 4.78 is 0. The van der Waals surface area contributed by atoms with Crippen molar-refractivity contribution in [2.45, 2.75) is 71.3 Å². The number of amides is 2. The number of nitrogens with one attached hydrogen (secondary N) is 5. The van der Waals surface area contributed by atoms with Crippen molar-refractivity contribution in [1.82, 2.24) is 21.3 Å². The van der Waals surface area contributed by atoms with Crippen LogP contribution in [-0.4, -0.2) is 60.5 Å². The molecule has 184 valence electrons. The summed E-state index contributed by atoms with van der Waals surface area (Å²) in [6.07, 6.45) is 3.06. The smallest absolute Gasteiger partial charge is 0.426 e. The Hall–Kier alpha value is -2.59. The van der Waals surface area contributed by atoms with Crippen LogP contribution < -0.4 is 21.3 Å². The Kier molecular flexibility index (Phi) is 13.2. The quantitative estimate of drug-likeness (QED) is 0.0941. The van der Waals surface area contributed by atoms with Gasteiger partial charge in [-0.3, -0.25) is 15.0 Å². The van der Waals surface area contributed by atoms with E-state index in [4.69, 9.17) is 5.41 Å². The molecule has 0 fully saturated rings. The van der Waals surface area contributed by atoms with E-state index in [0.29, 0.717) is 32.2 Å². The molecule has 33 heavy (non-hydrogen) atoms. The van der Waals surface area contributed by atoms with Gasteiger partial charge in [0.05, 0.1) is 5.94 Å². The third-order valence-electron chi connectivity index (χ3n) is 5.36. The van der Waals surface area contributed by atoms with Gasteiger partial charge in [0.2, 0.25) is 11.8 Å². The number of benzene rings is 1. The number of aryl methyl sites for hydroxylation is 2. The normalized spacial score (nSPS) is 12.6. The standard InChI is InChI=1S/C23H40BN5O4/c1-5-17-8-10-18(11-9-17)12-13-21(30)28-19(7-6-14-27-23(25)26-4)22(31)29-20(24(32)33)15-16(2)3/h8-11,16,19-20,32-33H,5-7,12-15H2,1-4H3,(H,28,30)(H,29,31)(H3,25,26,27)/t19-,20-/m0/s1. The molecule has 2 atom stereocenters. The van der Waals surface area contributed by atoms with E-state index in [-0.39, 0.29) is 24.2 Å². The molecule has 0 saturated carbocycles. The maximum atomic E-state index is 12.9. The van der Waals surface area contributed by atoms with Gasteiger partial charge >= 0.3 is 7.12 Å². The van der Waals surface area contributed by atoms with E-state index in [9.17, 15) is 19.6 Å². The Labute approximate surface area is 197 Å². The lowest BCUT2D eigenvalue weighted by molar-refractivity contribution is -0.129. The molecule has 0 bridgehead atoms. The van der Waals surface area contributed by atoms with E-state index in [2.05, 4.69) is 28.2 Å². The summed E-state index contributed by atoms with van der Waals surface area (Å²) in [5.41, 5.74) is 2.29. The molecule has 0 spiro atoms. The maximum absolute atomic E-state index is 12.9. The molecule has 2 amide bonds. The fourth-order valence-corrected chi connectivity index (χ4v) is 3.39. The van der Waals surface area contributed by atoms with Crippen molar-refractivity contribution in [3.63, 3.8) is 0 Å². The van der Waals surface area contributed by atoms with E-state index in [1.165, 1.54) is 5.56 Å². The van der Waals surface area contributed by atoms with Gasteiger partial charge in [-0.05, 0) is 49.1 Å². The Morgan fingerprint density at radius 2 is 1.73 bits per heavy atom. The van der Waals surface area contributed by atoms with E-state index < -0.39 is 25.0 Å². The number of hydrogen-bond acceptors (Lipinski definition) is 5. The van der Waals surface area contributed by atoms with E-state index in [1.54, 1.807) is 7.05 Å². The predicted molar refractivity (Wildman–Crippen MR) is 132 cm³/mol. The van der Waals surface area contributed by atoms with E-state index >= 15 is 0 Å². The minimum Gasteiger partial charge on any atom is -0.426 e. The molecule has 0 unspecified atom stereocenters. The molecule has 0 aliphatic rings. The average Bonchev–Trinajstić information content (AvgIpc) is 2.78. The first kappa shape index (κ1) is 28.4. The number of rotatable bonds is 14. The summed E-state index contributed by atoms with van der Waals surface area (Å²) in [6, 6.07) is 7.32. The molecule has 1 aromatic carbocycles. The number of hydrogen-bond donors (Lipinski definition) is 7. The molecule has 0 aliphatic heterocycles. The van der Waals surface area contributed by atoms with Crippen molar-refractivity contribution in [1.29, 1.82) is 5.41 Å². The van der Waals surface area contributed by atoms with Crippen LogP contribution in [0.25, 0.3) is 0 Å². The molecule has 0 aromatic heterocycles. The second-order valence-electron chi connectivity index (χ2n) is 8.64. The van der Waals surface area contributed by atoms with Gasteiger partial charge in [0, 0.05) is 20.0 Å². The van der Waals surface area contributed by atoms with Gasteiger partial charge in [-0.25, -0.2) is 0 Å². The van der Waals surface area contributed by atoms with Gasteiger partial charge in [-0.1, -0.05) is 45.0 Å². The van der Waals surface area contributed by atoms with Gasteiger partial charge < -0.3 is 31.3 Å². The van der Waals surface area contributed by atoms with Crippen LogP contribution in [0.15, 0.2) is 24.3 Å². The van der Waals surface area contributed by atoms with Crippen LogP contribution >= 0.6 is 0 Å². The highest BCUT2D eigenvalue weighted by Crippen LogP contribution is 2.09. The molecule has 0 saturated heterocycles. The van der Waals surface area contributed by atoms with Crippen LogP contribution in [0.4, 0.5) is 0 Å². The Balaban J connectivity index is 2.72. The Bertz CT molecular complexity index is 743. The zero-order valence-electron chi connectivity index (χ0n) is 20.3. The highest BCUT2D eigenvalue weighted by molar-refractivity contribution is 6.43. The summed E-state index contributed by atoms with van der Waals surface area (Å²) in [5.74, 6) is -1.17. The van der Waals surface area contributed by atoms with Gasteiger partial charge in [0.15, 0.2) is 5.96 Å². The van der Waals surface area contributed by atoms with Crippen molar-refractivity contribution in [3.05, 3.63) is 35.4 Å². The molecule has 0 aliphatic carbocycles. The molecule has 9 nitrogen and oxygen atoms in total. The number of carbonyl (C=O) groups is 2. The zero-order valence-corrected chi connectivity index (χ0v) is 20.3. The summed E-state index contributed by atoms with van der Waals surface area (Å²) in [4.78, 5) is 25.5. The first-order valence-electron chi connectivity index (χ1n) is 11.7. The monoisotopic (exact) mass is 461 g/mol. The van der Waals surface area contributed by atoms with Gasteiger partial charge in [0.25, 0.3) is 0 Å². The lowest BCUT2D eigenvalue weighted by Crippen LogP contribution is -2.54. The van der Waals surface area contributed by atoms with Crippen LogP contribution in [0, 0.1) is 11.3 Å². The fraction of sp³-hybridized carbons (Fsp3) is 0.609. The highest BCUT2D eigenvalue weighted by atomic mass is 16.4. The molecule has 1 aromatic rings. The minimum absolute atomic E-state index is 0.154. The molecule has 0 radical (unpaired) electrons. The van der Waals surface area contributed by atoms with Crippen molar-refractivity contribution in [2.75, 3.05) is 13.6 Å². The van der Waals surface area contributed by atoms with Crippen molar-refractivity contribution >= 4 is 24.9 Å². The Morgan fingerprint density at radius 1 is 1.09 bits per heavy atom. The highest BCUT2D eigenvalue weighted by Gasteiger charge is 2.29. The first-order valence-corrected chi connectivity index (χ1v) is 11.7. The summed E-state index contributed by atoms with van der Waals surface area (Å²) in [6.45, 7) is 6.40. The molecule has 7 N–H and O–H groups in total. The molecular weight excluding hydrogens is 421 g/mol. The fourth-order valence-electron chi connectivity index (χ4n) is 3.39. The molecule has 0 heterocycles. The largest absolute Gasteiger partial charge is 0.475 e. The summed E-state index contributed by atoms with van der Waals surface area (Å²) in [7, 11) is -0.0482. The van der Waals surface area contributed by atoms with Crippen LogP contribution in [0.2, 0.25) is 0 Å². The summed E-state index contributed by atoms with van der Waals surface area (Å²) >= 11 is 0. The average molecular weight is 461 g/mol. The van der Waals surface area contributed by atoms with Crippen molar-refractivity contribution in [2.24, 2.45) is 5.92 Å².